The van der Waals surface area contributed by atoms with E-state index in [1.807, 2.05) is 0 Å². The van der Waals surface area contributed by atoms with Crippen molar-refractivity contribution in [2.45, 2.75) is 19.5 Å². The lowest BCUT2D eigenvalue weighted by Gasteiger charge is -2.16. The summed E-state index contributed by atoms with van der Waals surface area (Å²) < 4.78 is 45.1. The largest absolute Gasteiger partial charge is 0.481 e. The molecule has 4 nitrogen and oxygen atoms in total. The molecule has 29 heavy (non-hydrogen) atoms. The van der Waals surface area contributed by atoms with Crippen LogP contribution in [0.2, 0.25) is 0 Å². The van der Waals surface area contributed by atoms with Crippen LogP contribution in [0.5, 0.6) is 0 Å². The van der Waals surface area contributed by atoms with Crippen LogP contribution in [0.1, 0.15) is 30.0 Å². The number of carbonyl (C=O) groups is 2. The molecule has 9 heteroatoms. The maximum absolute atomic E-state index is 12.9. The van der Waals surface area contributed by atoms with Crippen molar-refractivity contribution in [2.75, 3.05) is 6.61 Å². The second kappa shape index (κ2) is 9.58. The Kier molecular flexibility index (Phi) is 7.65. The van der Waals surface area contributed by atoms with Gasteiger partial charge in [-0.3, -0.25) is 4.79 Å². The molecule has 0 aliphatic heterocycles. The molecule has 0 saturated heterocycles. The predicted octanol–water partition coefficient (Wildman–Crippen LogP) is 6.07. The third-order valence-corrected chi connectivity index (χ3v) is 4.72. The Morgan fingerprint density at radius 2 is 1.55 bits per heavy atom. The highest BCUT2D eigenvalue weighted by Gasteiger charge is 2.30. The second-order valence-electron chi connectivity index (χ2n) is 5.88. The molecule has 154 valence electrons. The van der Waals surface area contributed by atoms with E-state index in [1.54, 1.807) is 25.1 Å². The Labute approximate surface area is 181 Å². The molecule has 2 aromatic rings. The summed E-state index contributed by atoms with van der Waals surface area (Å²) in [6.07, 6.45) is -5.18. The van der Waals surface area contributed by atoms with Crippen LogP contribution in [-0.2, 0) is 20.5 Å². The van der Waals surface area contributed by atoms with Crippen LogP contribution in [0.3, 0.4) is 0 Å². The Bertz CT molecular complexity index is 931. The van der Waals surface area contributed by atoms with E-state index in [-0.39, 0.29) is 23.3 Å². The minimum Gasteiger partial charge on any atom is -0.481 e. The van der Waals surface area contributed by atoms with Crippen LogP contribution < -0.4 is 0 Å². The number of ether oxygens (including phenoxy) is 1. The van der Waals surface area contributed by atoms with Gasteiger partial charge in [0.05, 0.1) is 24.2 Å². The average Bonchev–Trinajstić information content (AvgIpc) is 2.60. The van der Waals surface area contributed by atoms with Gasteiger partial charge >= 0.3 is 18.1 Å². The molecule has 0 spiro atoms. The Hall–Kier alpha value is -2.13. The molecule has 0 aliphatic carbocycles. The van der Waals surface area contributed by atoms with Crippen LogP contribution in [0.25, 0.3) is 5.57 Å². The van der Waals surface area contributed by atoms with Crippen molar-refractivity contribution in [3.8, 4) is 0 Å². The van der Waals surface area contributed by atoms with E-state index in [4.69, 9.17) is 4.74 Å². The summed E-state index contributed by atoms with van der Waals surface area (Å²) in [7, 11) is 0. The van der Waals surface area contributed by atoms with Gasteiger partial charge in [0.15, 0.2) is 0 Å². The zero-order chi connectivity index (χ0) is 21.8. The SMILES string of the molecule is CCOC(=O)/C(CC(=O)O)=C(\c1ccc(C(F)(F)F)cc1)c1cc(Br)cc(Br)c1. The molecule has 0 radical (unpaired) electrons. The summed E-state index contributed by atoms with van der Waals surface area (Å²) in [6.45, 7) is 1.59. The molecule has 0 heterocycles. The quantitative estimate of drug-likeness (QED) is 0.360. The van der Waals surface area contributed by atoms with Crippen molar-refractivity contribution in [3.63, 3.8) is 0 Å². The van der Waals surface area contributed by atoms with Gasteiger partial charge in [0.25, 0.3) is 0 Å². The van der Waals surface area contributed by atoms with E-state index in [2.05, 4.69) is 31.9 Å². The lowest BCUT2D eigenvalue weighted by Crippen LogP contribution is -2.14. The number of halogens is 5. The fourth-order valence-corrected chi connectivity index (χ4v) is 3.96. The number of carboxylic acids is 1. The second-order valence-corrected chi connectivity index (χ2v) is 7.71. The molecule has 1 N–H and O–H groups in total. The van der Waals surface area contributed by atoms with Gasteiger partial charge < -0.3 is 9.84 Å². The third-order valence-electron chi connectivity index (χ3n) is 3.80. The number of benzene rings is 2. The minimum atomic E-state index is -4.52. The summed E-state index contributed by atoms with van der Waals surface area (Å²) in [5.41, 5.74) is -0.139. The number of aliphatic carboxylic acids is 1. The first-order valence-electron chi connectivity index (χ1n) is 8.29. The molecule has 2 rings (SSSR count). The highest BCUT2D eigenvalue weighted by molar-refractivity contribution is 9.11. The maximum Gasteiger partial charge on any atom is 0.416 e. The highest BCUT2D eigenvalue weighted by atomic mass is 79.9. The maximum atomic E-state index is 12.9. The van der Waals surface area contributed by atoms with Gasteiger partial charge in [-0.05, 0) is 54.0 Å². The Morgan fingerprint density at radius 3 is 2.00 bits per heavy atom. The molecule has 0 amide bonds. The van der Waals surface area contributed by atoms with Crippen molar-refractivity contribution in [1.29, 1.82) is 0 Å². The van der Waals surface area contributed by atoms with Crippen LogP contribution in [0.4, 0.5) is 13.2 Å². The van der Waals surface area contributed by atoms with Gasteiger partial charge in [-0.2, -0.15) is 13.2 Å². The van der Waals surface area contributed by atoms with E-state index in [0.717, 1.165) is 12.1 Å². The number of carbonyl (C=O) groups excluding carboxylic acids is 1. The number of rotatable bonds is 6. The number of hydrogen-bond acceptors (Lipinski definition) is 3. The van der Waals surface area contributed by atoms with Crippen LogP contribution in [-0.4, -0.2) is 23.7 Å². The average molecular weight is 536 g/mol. The van der Waals surface area contributed by atoms with Crippen molar-refractivity contribution < 1.29 is 32.6 Å². The standard InChI is InChI=1S/C20H15Br2F3O4/c1-2-29-19(28)16(10-17(26)27)18(12-7-14(21)9-15(22)8-12)11-3-5-13(6-4-11)20(23,24)25/h3-9H,2,10H2,1H3,(H,26,27)/b18-16+. The number of hydrogen-bond donors (Lipinski definition) is 1. The summed E-state index contributed by atoms with van der Waals surface area (Å²) in [4.78, 5) is 23.9. The van der Waals surface area contributed by atoms with E-state index < -0.39 is 30.1 Å². The molecule has 0 aliphatic rings. The zero-order valence-corrected chi connectivity index (χ0v) is 18.2. The normalized spacial score (nSPS) is 12.3. The molecule has 0 atom stereocenters. The number of esters is 1. The molecule has 0 bridgehead atoms. The van der Waals surface area contributed by atoms with Gasteiger partial charge in [0.1, 0.15) is 0 Å². The first-order valence-corrected chi connectivity index (χ1v) is 9.87. The van der Waals surface area contributed by atoms with Crippen LogP contribution >= 0.6 is 31.9 Å². The Balaban J connectivity index is 2.79. The van der Waals surface area contributed by atoms with Crippen molar-refractivity contribution >= 4 is 49.4 Å². The minimum absolute atomic E-state index is 0.0183. The van der Waals surface area contributed by atoms with E-state index >= 15 is 0 Å². The lowest BCUT2D eigenvalue weighted by molar-refractivity contribution is -0.142. The highest BCUT2D eigenvalue weighted by Crippen LogP contribution is 2.35. The molecule has 0 aromatic heterocycles. The van der Waals surface area contributed by atoms with Crippen molar-refractivity contribution in [1.82, 2.24) is 0 Å². The smallest absolute Gasteiger partial charge is 0.416 e. The fraction of sp³-hybridized carbons (Fsp3) is 0.200. The van der Waals surface area contributed by atoms with Gasteiger partial charge in [-0.25, -0.2) is 4.79 Å². The van der Waals surface area contributed by atoms with Gasteiger partial charge in [-0.15, -0.1) is 0 Å². The van der Waals surface area contributed by atoms with Gasteiger partial charge in [0.2, 0.25) is 0 Å². The molecule has 0 fully saturated rings. The molecule has 2 aromatic carbocycles. The van der Waals surface area contributed by atoms with E-state index in [9.17, 15) is 27.9 Å². The summed E-state index contributed by atoms with van der Waals surface area (Å²) in [5.74, 6) is -2.12. The fourth-order valence-electron chi connectivity index (χ4n) is 2.67. The van der Waals surface area contributed by atoms with Crippen molar-refractivity contribution in [3.05, 3.63) is 73.7 Å². The Morgan fingerprint density at radius 1 is 1.00 bits per heavy atom. The zero-order valence-electron chi connectivity index (χ0n) is 15.0. The molecule has 0 unspecified atom stereocenters. The first-order chi connectivity index (χ1) is 13.5. The summed E-state index contributed by atoms with van der Waals surface area (Å²) >= 11 is 6.65. The number of carboxylic acid groups (broad SMARTS) is 1. The number of alkyl halides is 3. The van der Waals surface area contributed by atoms with Gasteiger partial charge in [-0.1, -0.05) is 44.0 Å². The molecular formula is C20H15Br2F3O4. The lowest BCUT2D eigenvalue weighted by atomic mass is 9.91. The van der Waals surface area contributed by atoms with Crippen LogP contribution in [0, 0.1) is 0 Å². The van der Waals surface area contributed by atoms with E-state index in [1.165, 1.54) is 12.1 Å². The van der Waals surface area contributed by atoms with Crippen molar-refractivity contribution in [2.24, 2.45) is 0 Å². The monoisotopic (exact) mass is 534 g/mol. The first kappa shape index (κ1) is 23.2. The summed E-state index contributed by atoms with van der Waals surface area (Å²) in [6, 6.07) is 9.17. The predicted molar refractivity (Wildman–Crippen MR) is 108 cm³/mol. The van der Waals surface area contributed by atoms with E-state index in [0.29, 0.717) is 14.5 Å². The molecule has 0 saturated carbocycles. The summed E-state index contributed by atoms with van der Waals surface area (Å²) in [5, 5.41) is 9.29. The van der Waals surface area contributed by atoms with Crippen LogP contribution in [0.15, 0.2) is 57.0 Å². The van der Waals surface area contributed by atoms with Gasteiger partial charge in [0, 0.05) is 8.95 Å². The third kappa shape index (κ3) is 6.17. The topological polar surface area (TPSA) is 63.6 Å². The molecular weight excluding hydrogens is 521 g/mol.